The van der Waals surface area contributed by atoms with E-state index in [1.54, 1.807) is 35.2 Å². The molecule has 0 radical (unpaired) electrons. The highest BCUT2D eigenvalue weighted by Gasteiger charge is 2.23. The van der Waals surface area contributed by atoms with Gasteiger partial charge in [-0.05, 0) is 29.8 Å². The van der Waals surface area contributed by atoms with Crippen molar-refractivity contribution in [1.82, 2.24) is 4.90 Å². The van der Waals surface area contributed by atoms with Gasteiger partial charge in [-0.3, -0.25) is 4.79 Å². The molecule has 1 aliphatic rings. The molecule has 0 N–H and O–H groups in total. The van der Waals surface area contributed by atoms with Gasteiger partial charge in [-0.2, -0.15) is 5.26 Å². The van der Waals surface area contributed by atoms with E-state index in [9.17, 15) is 14.4 Å². The second kappa shape index (κ2) is 7.54. The van der Waals surface area contributed by atoms with Crippen LogP contribution in [0.4, 0.5) is 10.1 Å². The maximum atomic E-state index is 13.7. The molecule has 0 unspecified atom stereocenters. The summed E-state index contributed by atoms with van der Waals surface area (Å²) in [7, 11) is 0. The maximum absolute atomic E-state index is 13.7. The van der Waals surface area contributed by atoms with Crippen molar-refractivity contribution in [1.29, 1.82) is 5.26 Å². The highest BCUT2D eigenvalue weighted by atomic mass is 35.5. The smallest absolute Gasteiger partial charge is 0.227 e. The average Bonchev–Trinajstić information content (AvgIpc) is 2.63. The van der Waals surface area contributed by atoms with Gasteiger partial charge in [0.1, 0.15) is 11.9 Å². The fraction of sp³-hybridized carbons (Fsp3) is 0.263. The molecule has 0 saturated carbocycles. The molecule has 1 saturated heterocycles. The monoisotopic (exact) mass is 357 g/mol. The van der Waals surface area contributed by atoms with Gasteiger partial charge in [0.2, 0.25) is 5.91 Å². The standard InChI is InChI=1S/C19H17ClFN3O/c20-16-5-6-18(15(11-16)13-22)23-7-9-24(10-8-23)19(25)12-14-3-1-2-4-17(14)21/h1-6,11H,7-10,12H2. The molecule has 25 heavy (non-hydrogen) atoms. The third-order valence-corrected chi connectivity index (χ3v) is 4.59. The Bertz CT molecular complexity index is 826. The first-order valence-corrected chi connectivity index (χ1v) is 8.42. The van der Waals surface area contributed by atoms with E-state index < -0.39 is 0 Å². The van der Waals surface area contributed by atoms with Crippen LogP contribution in [0.1, 0.15) is 11.1 Å². The number of nitrogens with zero attached hydrogens (tertiary/aromatic N) is 3. The summed E-state index contributed by atoms with van der Waals surface area (Å²) < 4.78 is 13.7. The van der Waals surface area contributed by atoms with Gasteiger partial charge in [-0.1, -0.05) is 29.8 Å². The van der Waals surface area contributed by atoms with Gasteiger partial charge in [0.05, 0.1) is 17.7 Å². The van der Waals surface area contributed by atoms with Gasteiger partial charge >= 0.3 is 0 Å². The minimum absolute atomic E-state index is 0.0665. The van der Waals surface area contributed by atoms with Crippen molar-refractivity contribution in [3.63, 3.8) is 0 Å². The Labute approximate surface area is 151 Å². The van der Waals surface area contributed by atoms with Crippen molar-refractivity contribution in [2.24, 2.45) is 0 Å². The maximum Gasteiger partial charge on any atom is 0.227 e. The average molecular weight is 358 g/mol. The second-order valence-electron chi connectivity index (χ2n) is 5.91. The summed E-state index contributed by atoms with van der Waals surface area (Å²) in [5.74, 6) is -0.435. The number of amides is 1. The van der Waals surface area contributed by atoms with E-state index in [1.165, 1.54) is 6.07 Å². The quantitative estimate of drug-likeness (QED) is 0.847. The molecule has 2 aromatic rings. The number of rotatable bonds is 3. The van der Waals surface area contributed by atoms with Crippen LogP contribution in [0.15, 0.2) is 42.5 Å². The van der Waals surface area contributed by atoms with Crippen LogP contribution in [0.3, 0.4) is 0 Å². The Kier molecular flexibility index (Phi) is 5.20. The summed E-state index contributed by atoms with van der Waals surface area (Å²) >= 11 is 5.94. The highest BCUT2D eigenvalue weighted by molar-refractivity contribution is 6.30. The highest BCUT2D eigenvalue weighted by Crippen LogP contribution is 2.25. The van der Waals surface area contributed by atoms with Crippen LogP contribution in [0.2, 0.25) is 5.02 Å². The molecule has 4 nitrogen and oxygen atoms in total. The Morgan fingerprint density at radius 3 is 2.56 bits per heavy atom. The Hall–Kier alpha value is -2.58. The molecule has 0 aliphatic carbocycles. The molecule has 0 atom stereocenters. The molecule has 0 bridgehead atoms. The molecule has 128 valence electrons. The largest absolute Gasteiger partial charge is 0.367 e. The number of hydrogen-bond donors (Lipinski definition) is 0. The molecule has 1 amide bonds. The zero-order chi connectivity index (χ0) is 17.8. The number of anilines is 1. The van der Waals surface area contributed by atoms with Gasteiger partial charge in [0.15, 0.2) is 0 Å². The number of benzene rings is 2. The van der Waals surface area contributed by atoms with Gasteiger partial charge in [-0.15, -0.1) is 0 Å². The predicted molar refractivity (Wildman–Crippen MR) is 95.1 cm³/mol. The van der Waals surface area contributed by atoms with Crippen LogP contribution in [0.5, 0.6) is 0 Å². The summed E-state index contributed by atoms with van der Waals surface area (Å²) in [6.45, 7) is 2.33. The molecule has 6 heteroatoms. The van der Waals surface area contributed by atoms with Gasteiger partial charge in [0.25, 0.3) is 0 Å². The molecule has 1 fully saturated rings. The molecule has 1 aliphatic heterocycles. The minimum Gasteiger partial charge on any atom is -0.367 e. The third kappa shape index (κ3) is 3.92. The van der Waals surface area contributed by atoms with Crippen LogP contribution in [-0.2, 0) is 11.2 Å². The normalized spacial score (nSPS) is 14.3. The zero-order valence-electron chi connectivity index (χ0n) is 13.6. The zero-order valence-corrected chi connectivity index (χ0v) is 14.3. The SMILES string of the molecule is N#Cc1cc(Cl)ccc1N1CCN(C(=O)Cc2ccccc2F)CC1. The number of halogens is 2. The van der Waals surface area contributed by atoms with E-state index in [2.05, 4.69) is 11.0 Å². The first-order chi connectivity index (χ1) is 12.1. The van der Waals surface area contributed by atoms with Gasteiger partial charge in [0, 0.05) is 31.2 Å². The Morgan fingerprint density at radius 1 is 1.16 bits per heavy atom. The number of carbonyl (C=O) groups is 1. The van der Waals surface area contributed by atoms with E-state index in [0.29, 0.717) is 42.3 Å². The van der Waals surface area contributed by atoms with E-state index in [4.69, 9.17) is 11.6 Å². The van der Waals surface area contributed by atoms with Crippen LogP contribution in [0.25, 0.3) is 0 Å². The summed E-state index contributed by atoms with van der Waals surface area (Å²) in [6.07, 6.45) is 0.0665. The number of carbonyl (C=O) groups excluding carboxylic acids is 1. The lowest BCUT2D eigenvalue weighted by Gasteiger charge is -2.36. The van der Waals surface area contributed by atoms with Gasteiger partial charge < -0.3 is 9.80 Å². The Morgan fingerprint density at radius 2 is 1.88 bits per heavy atom. The number of piperazine rings is 1. The fourth-order valence-electron chi connectivity index (χ4n) is 2.99. The summed E-state index contributed by atoms with van der Waals surface area (Å²) in [5, 5.41) is 9.80. The van der Waals surface area contributed by atoms with E-state index in [0.717, 1.165) is 5.69 Å². The van der Waals surface area contributed by atoms with E-state index >= 15 is 0 Å². The lowest BCUT2D eigenvalue weighted by Crippen LogP contribution is -2.49. The van der Waals surface area contributed by atoms with Crippen LogP contribution in [0, 0.1) is 17.1 Å². The number of hydrogen-bond acceptors (Lipinski definition) is 3. The first-order valence-electron chi connectivity index (χ1n) is 8.04. The summed E-state index contributed by atoms with van der Waals surface area (Å²) in [4.78, 5) is 16.2. The fourth-order valence-corrected chi connectivity index (χ4v) is 3.16. The lowest BCUT2D eigenvalue weighted by molar-refractivity contribution is -0.130. The van der Waals surface area contributed by atoms with Crippen molar-refractivity contribution >= 4 is 23.2 Å². The van der Waals surface area contributed by atoms with Crippen LogP contribution < -0.4 is 4.90 Å². The van der Waals surface area contributed by atoms with Crippen molar-refractivity contribution in [3.05, 3.63) is 64.4 Å². The lowest BCUT2D eigenvalue weighted by atomic mass is 10.1. The molecular weight excluding hydrogens is 341 g/mol. The molecule has 0 aromatic heterocycles. The van der Waals surface area contributed by atoms with Crippen LogP contribution in [-0.4, -0.2) is 37.0 Å². The third-order valence-electron chi connectivity index (χ3n) is 4.35. The molecule has 0 spiro atoms. The predicted octanol–water partition coefficient (Wildman–Crippen LogP) is 3.24. The summed E-state index contributed by atoms with van der Waals surface area (Å²) in [5.41, 5.74) is 1.77. The molecule has 1 heterocycles. The van der Waals surface area contributed by atoms with Crippen molar-refractivity contribution in [2.45, 2.75) is 6.42 Å². The van der Waals surface area contributed by atoms with Crippen LogP contribution >= 0.6 is 11.6 Å². The van der Waals surface area contributed by atoms with Gasteiger partial charge in [-0.25, -0.2) is 4.39 Å². The first kappa shape index (κ1) is 17.2. The minimum atomic E-state index is -0.352. The summed E-state index contributed by atoms with van der Waals surface area (Å²) in [6, 6.07) is 13.7. The second-order valence-corrected chi connectivity index (χ2v) is 6.35. The Balaban J connectivity index is 1.63. The van der Waals surface area contributed by atoms with Crippen molar-refractivity contribution in [3.8, 4) is 6.07 Å². The van der Waals surface area contributed by atoms with E-state index in [1.807, 2.05) is 6.07 Å². The molecular formula is C19H17ClFN3O. The van der Waals surface area contributed by atoms with E-state index in [-0.39, 0.29) is 18.1 Å². The number of nitriles is 1. The molecule has 2 aromatic carbocycles. The topological polar surface area (TPSA) is 47.3 Å². The van der Waals surface area contributed by atoms with Crippen molar-refractivity contribution in [2.75, 3.05) is 31.1 Å². The van der Waals surface area contributed by atoms with Crippen molar-refractivity contribution < 1.29 is 9.18 Å². The molecule has 3 rings (SSSR count).